The van der Waals surface area contributed by atoms with Gasteiger partial charge in [-0.2, -0.15) is 0 Å². The van der Waals surface area contributed by atoms with Crippen molar-refractivity contribution < 1.29 is 14.2 Å². The molecule has 1 aromatic heterocycles. The van der Waals surface area contributed by atoms with Crippen molar-refractivity contribution in [3.8, 4) is 17.2 Å². The molecule has 1 atom stereocenters. The molecule has 6 nitrogen and oxygen atoms in total. The van der Waals surface area contributed by atoms with E-state index in [0.717, 1.165) is 41.1 Å². The summed E-state index contributed by atoms with van der Waals surface area (Å²) in [6, 6.07) is 15.7. The van der Waals surface area contributed by atoms with E-state index in [2.05, 4.69) is 14.8 Å². The van der Waals surface area contributed by atoms with Crippen molar-refractivity contribution in [2.75, 3.05) is 12.4 Å². The number of hydrogen-bond acceptors (Lipinski definition) is 6. The van der Waals surface area contributed by atoms with Gasteiger partial charge in [-0.1, -0.05) is 47.6 Å². The third kappa shape index (κ3) is 4.16. The van der Waals surface area contributed by atoms with Crippen LogP contribution in [0.1, 0.15) is 24.7 Å². The molecule has 3 aromatic rings. The molecule has 0 amide bonds. The fourth-order valence-electron chi connectivity index (χ4n) is 3.22. The van der Waals surface area contributed by atoms with Crippen LogP contribution in [0.3, 0.4) is 0 Å². The molecule has 0 bridgehead atoms. The lowest BCUT2D eigenvalue weighted by atomic mass is 10.3. The zero-order valence-electron chi connectivity index (χ0n) is 15.7. The first-order chi connectivity index (χ1) is 14.3. The molecule has 1 aliphatic heterocycles. The second-order valence-electron chi connectivity index (χ2n) is 7.03. The molecule has 2 heterocycles. The van der Waals surface area contributed by atoms with E-state index in [1.165, 1.54) is 0 Å². The predicted molar refractivity (Wildman–Crippen MR) is 111 cm³/mol. The number of hydrogen-bond donors (Lipinski definition) is 0. The van der Waals surface area contributed by atoms with E-state index in [0.29, 0.717) is 30.0 Å². The van der Waals surface area contributed by atoms with Gasteiger partial charge < -0.3 is 18.8 Å². The number of aromatic nitrogens is 3. The quantitative estimate of drug-likeness (QED) is 0.504. The monoisotopic (exact) mass is 429 g/mol. The molecule has 1 fully saturated rings. The molecule has 29 heavy (non-hydrogen) atoms. The minimum atomic E-state index is -0.0259. The SMILES string of the molecule is Clc1ccccc1OCc1nnc(SC[C@@H]2COc3ccccc3O2)n1C1CC1. The van der Waals surface area contributed by atoms with Crippen LogP contribution in [0, 0.1) is 0 Å². The third-order valence-electron chi connectivity index (χ3n) is 4.81. The number of para-hydroxylation sites is 3. The maximum atomic E-state index is 6.18. The topological polar surface area (TPSA) is 58.4 Å². The normalized spacial score (nSPS) is 17.9. The summed E-state index contributed by atoms with van der Waals surface area (Å²) in [5, 5.41) is 10.3. The largest absolute Gasteiger partial charge is 0.486 e. The average Bonchev–Trinajstić information content (AvgIpc) is 3.51. The van der Waals surface area contributed by atoms with Crippen molar-refractivity contribution in [2.45, 2.75) is 36.8 Å². The minimum Gasteiger partial charge on any atom is -0.486 e. The Morgan fingerprint density at radius 2 is 1.86 bits per heavy atom. The Balaban J connectivity index is 1.25. The standard InChI is InChI=1S/C21H20ClN3O3S/c22-16-5-1-2-6-17(16)27-12-20-23-24-21(25(20)14-9-10-14)29-13-15-11-26-18-7-3-4-8-19(18)28-15/h1-8,14-15H,9-13H2/t15-/m0/s1. The molecule has 1 saturated carbocycles. The van der Waals surface area contributed by atoms with Crippen molar-refractivity contribution >= 4 is 23.4 Å². The lowest BCUT2D eigenvalue weighted by molar-refractivity contribution is 0.107. The summed E-state index contributed by atoms with van der Waals surface area (Å²) < 4.78 is 19.9. The highest BCUT2D eigenvalue weighted by molar-refractivity contribution is 7.99. The molecule has 8 heteroatoms. The minimum absolute atomic E-state index is 0.0259. The summed E-state index contributed by atoms with van der Waals surface area (Å²) in [4.78, 5) is 0. The van der Waals surface area contributed by atoms with Crippen LogP contribution in [0.5, 0.6) is 17.2 Å². The van der Waals surface area contributed by atoms with Crippen molar-refractivity contribution in [2.24, 2.45) is 0 Å². The maximum Gasteiger partial charge on any atom is 0.191 e. The van der Waals surface area contributed by atoms with Crippen molar-refractivity contribution in [3.05, 3.63) is 59.4 Å². The van der Waals surface area contributed by atoms with Gasteiger partial charge in [0, 0.05) is 11.8 Å². The van der Waals surface area contributed by atoms with Crippen molar-refractivity contribution in [1.29, 1.82) is 0 Å². The van der Waals surface area contributed by atoms with Crippen LogP contribution >= 0.6 is 23.4 Å². The molecule has 0 radical (unpaired) electrons. The van der Waals surface area contributed by atoms with Crippen LogP contribution < -0.4 is 14.2 Å². The summed E-state index contributed by atoms with van der Waals surface area (Å²) in [6.07, 6.45) is 2.25. The highest BCUT2D eigenvalue weighted by atomic mass is 35.5. The van der Waals surface area contributed by atoms with Gasteiger partial charge in [-0.05, 0) is 37.1 Å². The molecule has 5 rings (SSSR count). The van der Waals surface area contributed by atoms with E-state index in [4.69, 9.17) is 25.8 Å². The fourth-order valence-corrected chi connectivity index (χ4v) is 4.40. The number of ether oxygens (including phenoxy) is 3. The summed E-state index contributed by atoms with van der Waals surface area (Å²) >= 11 is 7.83. The van der Waals surface area contributed by atoms with Gasteiger partial charge >= 0.3 is 0 Å². The number of benzene rings is 2. The summed E-state index contributed by atoms with van der Waals surface area (Å²) in [5.74, 6) is 3.81. The molecular weight excluding hydrogens is 410 g/mol. The predicted octanol–water partition coefficient (Wildman–Crippen LogP) is 4.78. The smallest absolute Gasteiger partial charge is 0.191 e. The number of halogens is 1. The van der Waals surface area contributed by atoms with Gasteiger partial charge in [0.15, 0.2) is 22.5 Å². The maximum absolute atomic E-state index is 6.18. The van der Waals surface area contributed by atoms with Gasteiger partial charge in [0.05, 0.1) is 5.02 Å². The Bertz CT molecular complexity index is 1010. The first-order valence-electron chi connectivity index (χ1n) is 9.60. The van der Waals surface area contributed by atoms with Gasteiger partial charge in [-0.15, -0.1) is 10.2 Å². The molecule has 2 aliphatic rings. The van der Waals surface area contributed by atoms with E-state index in [9.17, 15) is 0 Å². The highest BCUT2D eigenvalue weighted by Crippen LogP contribution is 2.39. The lowest BCUT2D eigenvalue weighted by Gasteiger charge is -2.26. The van der Waals surface area contributed by atoms with E-state index in [-0.39, 0.29) is 6.10 Å². The van der Waals surface area contributed by atoms with E-state index in [1.54, 1.807) is 11.8 Å². The molecule has 0 unspecified atom stereocenters. The molecule has 2 aromatic carbocycles. The average molecular weight is 430 g/mol. The molecular formula is C21H20ClN3O3S. The van der Waals surface area contributed by atoms with Crippen molar-refractivity contribution in [3.63, 3.8) is 0 Å². The number of fused-ring (bicyclic) bond motifs is 1. The van der Waals surface area contributed by atoms with Gasteiger partial charge in [0.2, 0.25) is 0 Å². The van der Waals surface area contributed by atoms with E-state index < -0.39 is 0 Å². The van der Waals surface area contributed by atoms with Crippen LogP contribution in [0.2, 0.25) is 5.02 Å². The van der Waals surface area contributed by atoms with Crippen LogP contribution in [-0.2, 0) is 6.61 Å². The summed E-state index contributed by atoms with van der Waals surface area (Å²) in [6.45, 7) is 0.869. The van der Waals surface area contributed by atoms with Gasteiger partial charge in [-0.3, -0.25) is 0 Å². The third-order valence-corrected chi connectivity index (χ3v) is 6.19. The Morgan fingerprint density at radius 3 is 2.69 bits per heavy atom. The van der Waals surface area contributed by atoms with Crippen molar-refractivity contribution in [1.82, 2.24) is 14.8 Å². The first-order valence-corrected chi connectivity index (χ1v) is 11.0. The molecule has 0 spiro atoms. The van der Waals surface area contributed by atoms with E-state index >= 15 is 0 Å². The lowest BCUT2D eigenvalue weighted by Crippen LogP contribution is -2.31. The molecule has 0 N–H and O–H groups in total. The van der Waals surface area contributed by atoms with E-state index in [1.807, 2.05) is 48.5 Å². The van der Waals surface area contributed by atoms with Gasteiger partial charge in [0.1, 0.15) is 25.1 Å². The molecule has 0 saturated heterocycles. The van der Waals surface area contributed by atoms with Crippen LogP contribution in [0.4, 0.5) is 0 Å². The Morgan fingerprint density at radius 1 is 1.07 bits per heavy atom. The Labute approximate surface area is 178 Å². The zero-order valence-corrected chi connectivity index (χ0v) is 17.2. The summed E-state index contributed by atoms with van der Waals surface area (Å²) in [7, 11) is 0. The second kappa shape index (κ2) is 8.16. The van der Waals surface area contributed by atoms with Gasteiger partial charge in [-0.25, -0.2) is 0 Å². The Hall–Kier alpha value is -2.38. The van der Waals surface area contributed by atoms with Crippen LogP contribution in [0.25, 0.3) is 0 Å². The zero-order chi connectivity index (χ0) is 19.6. The fraction of sp³-hybridized carbons (Fsp3) is 0.333. The van der Waals surface area contributed by atoms with Gasteiger partial charge in [0.25, 0.3) is 0 Å². The number of thioether (sulfide) groups is 1. The second-order valence-corrected chi connectivity index (χ2v) is 8.42. The summed E-state index contributed by atoms with van der Waals surface area (Å²) in [5.41, 5.74) is 0. The Kier molecular flexibility index (Phi) is 5.24. The highest BCUT2D eigenvalue weighted by Gasteiger charge is 2.31. The molecule has 1 aliphatic carbocycles. The van der Waals surface area contributed by atoms with Crippen LogP contribution in [-0.4, -0.2) is 33.2 Å². The first kappa shape index (κ1) is 18.6. The van der Waals surface area contributed by atoms with Crippen LogP contribution in [0.15, 0.2) is 53.7 Å². The molecule has 150 valence electrons. The number of nitrogens with zero attached hydrogens (tertiary/aromatic N) is 3. The number of rotatable bonds is 7.